The van der Waals surface area contributed by atoms with Gasteiger partial charge in [0, 0.05) is 42.1 Å². The van der Waals surface area contributed by atoms with E-state index in [-0.39, 0.29) is 11.8 Å². The lowest BCUT2D eigenvalue weighted by atomic mass is 9.85. The number of nitrogens with one attached hydrogen (secondary N) is 1. The molecule has 2 saturated carbocycles. The van der Waals surface area contributed by atoms with Crippen LogP contribution in [0.1, 0.15) is 89.5 Å². The van der Waals surface area contributed by atoms with E-state index in [1.165, 1.54) is 48.6 Å². The van der Waals surface area contributed by atoms with Crippen molar-refractivity contribution in [3.05, 3.63) is 36.0 Å². The van der Waals surface area contributed by atoms with Crippen molar-refractivity contribution in [3.63, 3.8) is 0 Å². The van der Waals surface area contributed by atoms with Crippen LogP contribution in [0.25, 0.3) is 10.9 Å². The second-order valence-corrected chi connectivity index (χ2v) is 10.5. The number of rotatable bonds is 7. The van der Waals surface area contributed by atoms with E-state index in [0.29, 0.717) is 24.4 Å². The highest BCUT2D eigenvalue weighted by Gasteiger charge is 2.26. The van der Waals surface area contributed by atoms with Crippen molar-refractivity contribution in [2.24, 2.45) is 17.6 Å². The van der Waals surface area contributed by atoms with Gasteiger partial charge in [-0.2, -0.15) is 0 Å². The van der Waals surface area contributed by atoms with Crippen molar-refractivity contribution in [2.75, 3.05) is 0 Å². The third kappa shape index (κ3) is 5.52. The first-order valence-electron chi connectivity index (χ1n) is 12.6. The summed E-state index contributed by atoms with van der Waals surface area (Å²) in [6, 6.07) is 9.40. The zero-order valence-corrected chi connectivity index (χ0v) is 19.5. The molecule has 4 heteroatoms. The summed E-state index contributed by atoms with van der Waals surface area (Å²) in [5, 5.41) is 4.64. The Labute approximate surface area is 188 Å². The lowest BCUT2D eigenvalue weighted by molar-refractivity contribution is -0.122. The van der Waals surface area contributed by atoms with Gasteiger partial charge in [-0.1, -0.05) is 51.3 Å². The van der Waals surface area contributed by atoms with Crippen molar-refractivity contribution in [1.29, 1.82) is 0 Å². The van der Waals surface area contributed by atoms with E-state index >= 15 is 0 Å². The van der Waals surface area contributed by atoms with Crippen molar-refractivity contribution in [3.8, 4) is 0 Å². The Hall–Kier alpha value is -1.81. The minimum atomic E-state index is 0.197. The molecule has 1 atom stereocenters. The molecule has 2 aliphatic carbocycles. The molecule has 4 nitrogen and oxygen atoms in total. The number of carbonyl (C=O) groups is 1. The maximum absolute atomic E-state index is 13.0. The van der Waals surface area contributed by atoms with Crippen LogP contribution in [0.2, 0.25) is 0 Å². The highest BCUT2D eigenvalue weighted by atomic mass is 16.1. The SMILES string of the molecule is CC(C)C(CC(=O)NC1CCC(N)CC1)c1cn(CC2CCCCC2)c2ccccc12. The Morgan fingerprint density at radius 2 is 1.77 bits per heavy atom. The van der Waals surface area contributed by atoms with Crippen molar-refractivity contribution in [2.45, 2.75) is 103 Å². The van der Waals surface area contributed by atoms with Gasteiger partial charge in [-0.05, 0) is 67.9 Å². The highest BCUT2D eigenvalue weighted by molar-refractivity contribution is 5.86. The fourth-order valence-electron chi connectivity index (χ4n) is 5.82. The molecule has 170 valence electrons. The Kier molecular flexibility index (Phi) is 7.37. The molecule has 2 aromatic rings. The Morgan fingerprint density at radius 1 is 1.06 bits per heavy atom. The molecular formula is C27H41N3O. The van der Waals surface area contributed by atoms with Crippen LogP contribution in [0.3, 0.4) is 0 Å². The number of fused-ring (bicyclic) bond motifs is 1. The fourth-order valence-corrected chi connectivity index (χ4v) is 5.82. The summed E-state index contributed by atoms with van der Waals surface area (Å²) >= 11 is 0. The van der Waals surface area contributed by atoms with Gasteiger partial charge in [0.2, 0.25) is 5.91 Å². The highest BCUT2D eigenvalue weighted by Crippen LogP contribution is 2.36. The molecule has 3 N–H and O–H groups in total. The van der Waals surface area contributed by atoms with Crippen LogP contribution in [0.4, 0.5) is 0 Å². The van der Waals surface area contributed by atoms with Crippen LogP contribution in [-0.4, -0.2) is 22.6 Å². The Balaban J connectivity index is 1.52. The lowest BCUT2D eigenvalue weighted by Crippen LogP contribution is -2.41. The van der Waals surface area contributed by atoms with Crippen LogP contribution < -0.4 is 11.1 Å². The summed E-state index contributed by atoms with van der Waals surface area (Å²) in [5.74, 6) is 1.64. The molecule has 1 unspecified atom stereocenters. The first-order valence-corrected chi connectivity index (χ1v) is 12.6. The average molecular weight is 424 g/mol. The third-order valence-electron chi connectivity index (χ3n) is 7.75. The summed E-state index contributed by atoms with van der Waals surface area (Å²) in [4.78, 5) is 13.0. The molecule has 2 aliphatic rings. The van der Waals surface area contributed by atoms with Gasteiger partial charge in [-0.25, -0.2) is 0 Å². The van der Waals surface area contributed by atoms with Gasteiger partial charge in [0.1, 0.15) is 0 Å². The number of nitrogens with two attached hydrogens (primary N) is 1. The van der Waals surface area contributed by atoms with Gasteiger partial charge >= 0.3 is 0 Å². The first-order chi connectivity index (χ1) is 15.0. The number of hydrogen-bond donors (Lipinski definition) is 2. The van der Waals surface area contributed by atoms with Gasteiger partial charge in [0.25, 0.3) is 0 Å². The molecule has 1 heterocycles. The molecular weight excluding hydrogens is 382 g/mol. The molecule has 0 aliphatic heterocycles. The molecule has 1 amide bonds. The summed E-state index contributed by atoms with van der Waals surface area (Å²) in [5.41, 5.74) is 8.71. The van der Waals surface area contributed by atoms with E-state index in [0.717, 1.165) is 38.1 Å². The molecule has 2 fully saturated rings. The predicted molar refractivity (Wildman–Crippen MR) is 129 cm³/mol. The summed E-state index contributed by atoms with van der Waals surface area (Å²) in [6.45, 7) is 5.62. The zero-order chi connectivity index (χ0) is 21.8. The number of nitrogens with zero attached hydrogens (tertiary/aromatic N) is 1. The number of para-hydroxylation sites is 1. The third-order valence-corrected chi connectivity index (χ3v) is 7.75. The Morgan fingerprint density at radius 3 is 2.48 bits per heavy atom. The van der Waals surface area contributed by atoms with Gasteiger partial charge in [0.15, 0.2) is 0 Å². The number of aromatic nitrogens is 1. The van der Waals surface area contributed by atoms with Crippen LogP contribution in [-0.2, 0) is 11.3 Å². The number of amides is 1. The van der Waals surface area contributed by atoms with E-state index in [1.54, 1.807) is 0 Å². The van der Waals surface area contributed by atoms with Gasteiger partial charge < -0.3 is 15.6 Å². The molecule has 4 rings (SSSR count). The summed E-state index contributed by atoms with van der Waals surface area (Å²) < 4.78 is 2.48. The molecule has 1 aromatic heterocycles. The van der Waals surface area contributed by atoms with Gasteiger partial charge in [-0.3, -0.25) is 4.79 Å². The summed E-state index contributed by atoms with van der Waals surface area (Å²) in [7, 11) is 0. The smallest absolute Gasteiger partial charge is 0.220 e. The molecule has 0 bridgehead atoms. The first kappa shape index (κ1) is 22.4. The molecule has 0 spiro atoms. The maximum atomic E-state index is 13.0. The van der Waals surface area contributed by atoms with E-state index in [9.17, 15) is 4.79 Å². The van der Waals surface area contributed by atoms with Crippen LogP contribution in [0, 0.1) is 11.8 Å². The van der Waals surface area contributed by atoms with Crippen molar-refractivity contribution < 1.29 is 4.79 Å². The quantitative estimate of drug-likeness (QED) is 0.597. The minimum Gasteiger partial charge on any atom is -0.353 e. The molecule has 31 heavy (non-hydrogen) atoms. The molecule has 0 saturated heterocycles. The van der Waals surface area contributed by atoms with Crippen molar-refractivity contribution in [1.82, 2.24) is 9.88 Å². The lowest BCUT2D eigenvalue weighted by Gasteiger charge is -2.28. The topological polar surface area (TPSA) is 60.1 Å². The second-order valence-electron chi connectivity index (χ2n) is 10.5. The van der Waals surface area contributed by atoms with Gasteiger partial charge in [0.05, 0.1) is 0 Å². The van der Waals surface area contributed by atoms with E-state index < -0.39 is 0 Å². The normalized spacial score (nSPS) is 23.9. The fraction of sp³-hybridized carbons (Fsp3) is 0.667. The van der Waals surface area contributed by atoms with Crippen LogP contribution >= 0.6 is 0 Å². The number of hydrogen-bond acceptors (Lipinski definition) is 2. The zero-order valence-electron chi connectivity index (χ0n) is 19.5. The number of benzene rings is 1. The predicted octanol–water partition coefficient (Wildman–Crippen LogP) is 5.74. The molecule has 0 radical (unpaired) electrons. The monoisotopic (exact) mass is 423 g/mol. The standard InChI is InChI=1S/C27H41N3O/c1-19(2)24(16-27(31)29-22-14-12-21(28)13-15-22)25-18-30(17-20-8-4-3-5-9-20)26-11-7-6-10-23(25)26/h6-7,10-11,18-22,24H,3-5,8-9,12-17,28H2,1-2H3,(H,29,31). The van der Waals surface area contributed by atoms with Gasteiger partial charge in [-0.15, -0.1) is 0 Å². The summed E-state index contributed by atoms with van der Waals surface area (Å²) in [6.07, 6.45) is 13.8. The minimum absolute atomic E-state index is 0.197. The second kappa shape index (κ2) is 10.2. The molecule has 1 aromatic carbocycles. The van der Waals surface area contributed by atoms with Crippen molar-refractivity contribution >= 4 is 16.8 Å². The Bertz CT molecular complexity index is 856. The van der Waals surface area contributed by atoms with E-state index in [2.05, 4.69) is 54.2 Å². The number of carbonyl (C=O) groups excluding carboxylic acids is 1. The van der Waals surface area contributed by atoms with Crippen LogP contribution in [0.15, 0.2) is 30.5 Å². The van der Waals surface area contributed by atoms with Crippen LogP contribution in [0.5, 0.6) is 0 Å². The average Bonchev–Trinajstić information content (AvgIpc) is 3.12. The van der Waals surface area contributed by atoms with E-state index in [1.807, 2.05) is 0 Å². The largest absolute Gasteiger partial charge is 0.353 e. The maximum Gasteiger partial charge on any atom is 0.220 e. The van der Waals surface area contributed by atoms with E-state index in [4.69, 9.17) is 5.73 Å².